The number of carbonyl (C=O) groups excluding carboxylic acids is 2. The van der Waals surface area contributed by atoms with Gasteiger partial charge < -0.3 is 15.2 Å². The van der Waals surface area contributed by atoms with Gasteiger partial charge >= 0.3 is 5.97 Å². The number of hydrogen-bond acceptors (Lipinski definition) is 8. The number of carbonyl (C=O) groups is 3. The molecule has 0 saturated heterocycles. The third-order valence-electron chi connectivity index (χ3n) is 5.48. The first kappa shape index (κ1) is 28.5. The van der Waals surface area contributed by atoms with Gasteiger partial charge in [0.15, 0.2) is 0 Å². The molecule has 38 heavy (non-hydrogen) atoms. The molecular weight excluding hydrogens is 516 g/mol. The van der Waals surface area contributed by atoms with E-state index in [0.29, 0.717) is 6.42 Å². The Morgan fingerprint density at radius 1 is 1.13 bits per heavy atom. The maximum absolute atomic E-state index is 13.3. The number of amides is 2. The van der Waals surface area contributed by atoms with Crippen LogP contribution in [0.5, 0.6) is 5.75 Å². The number of carboxylic acids is 1. The summed E-state index contributed by atoms with van der Waals surface area (Å²) in [5, 5.41) is 13.4. The van der Waals surface area contributed by atoms with E-state index >= 15 is 0 Å². The van der Waals surface area contributed by atoms with Crippen LogP contribution in [0.15, 0.2) is 59.6 Å². The van der Waals surface area contributed by atoms with Crippen LogP contribution < -0.4 is 14.8 Å². The van der Waals surface area contributed by atoms with Gasteiger partial charge in [0.2, 0.25) is 15.9 Å². The van der Waals surface area contributed by atoms with E-state index in [2.05, 4.69) is 15.0 Å². The Balaban J connectivity index is 1.90. The molecule has 0 aliphatic heterocycles. The predicted octanol–water partition coefficient (Wildman–Crippen LogP) is 1.96. The molecule has 12 nitrogen and oxygen atoms in total. The van der Waals surface area contributed by atoms with Crippen LogP contribution in [0.1, 0.15) is 18.9 Å². The number of ether oxygens (including phenoxy) is 1. The number of nitrogens with one attached hydrogen (secondary N) is 2. The maximum atomic E-state index is 13.3. The minimum atomic E-state index is -4.46. The number of hydrogen-bond donors (Lipinski definition) is 3. The van der Waals surface area contributed by atoms with Gasteiger partial charge in [-0.2, -0.15) is 4.72 Å². The summed E-state index contributed by atoms with van der Waals surface area (Å²) in [5.41, 5.74) is 2.03. The zero-order chi connectivity index (χ0) is 27.9. The molecule has 2 amide bonds. The number of nitrogens with zero attached hydrogens (tertiary/aromatic N) is 2. The molecular formula is C25H28N4O8S. The second-order valence-electron chi connectivity index (χ2n) is 8.22. The normalized spacial score (nSPS) is 12.1. The molecule has 0 aliphatic carbocycles. The van der Waals surface area contributed by atoms with Crippen molar-refractivity contribution in [1.82, 2.24) is 14.8 Å². The summed E-state index contributed by atoms with van der Waals surface area (Å²) in [6.07, 6.45) is 1.28. The van der Waals surface area contributed by atoms with Crippen molar-refractivity contribution in [3.63, 3.8) is 0 Å². The molecule has 0 aliphatic rings. The third-order valence-corrected chi connectivity index (χ3v) is 6.99. The van der Waals surface area contributed by atoms with Crippen LogP contribution in [0, 0.1) is 0 Å². The number of fused-ring (bicyclic) bond motifs is 1. The van der Waals surface area contributed by atoms with Gasteiger partial charge in [0.1, 0.15) is 16.7 Å². The van der Waals surface area contributed by atoms with Crippen LogP contribution >= 0.6 is 0 Å². The van der Waals surface area contributed by atoms with E-state index in [-0.39, 0.29) is 28.8 Å². The molecule has 1 heterocycles. The van der Waals surface area contributed by atoms with Crippen molar-refractivity contribution in [1.29, 1.82) is 0 Å². The van der Waals surface area contributed by atoms with Crippen LogP contribution in [0.2, 0.25) is 0 Å². The SMILES string of the molecule is CON(C)C(=O)C(CC(=O)O)NS(=O)(=O)c1ccc(NC(C)=O)cc1OCCc1cccc2ncccc12. The third kappa shape index (κ3) is 7.25. The molecule has 0 spiro atoms. The summed E-state index contributed by atoms with van der Waals surface area (Å²) in [6.45, 7) is 1.37. The summed E-state index contributed by atoms with van der Waals surface area (Å²) >= 11 is 0. The topological polar surface area (TPSA) is 164 Å². The van der Waals surface area contributed by atoms with Crippen molar-refractivity contribution in [2.24, 2.45) is 0 Å². The first-order valence-corrected chi connectivity index (χ1v) is 12.9. The average Bonchev–Trinajstić information content (AvgIpc) is 2.86. The highest BCUT2D eigenvalue weighted by atomic mass is 32.2. The van der Waals surface area contributed by atoms with Crippen molar-refractivity contribution in [2.75, 3.05) is 26.1 Å². The summed E-state index contributed by atoms with van der Waals surface area (Å²) in [5.74, 6) is -2.76. The van der Waals surface area contributed by atoms with Crippen molar-refractivity contribution in [3.8, 4) is 5.75 Å². The largest absolute Gasteiger partial charge is 0.492 e. The molecule has 2 aromatic carbocycles. The lowest BCUT2D eigenvalue weighted by Gasteiger charge is -2.22. The van der Waals surface area contributed by atoms with Gasteiger partial charge in [0, 0.05) is 43.7 Å². The lowest BCUT2D eigenvalue weighted by atomic mass is 10.1. The fraction of sp³-hybridized carbons (Fsp3) is 0.280. The van der Waals surface area contributed by atoms with Gasteiger partial charge in [-0.15, -0.1) is 0 Å². The standard InChI is InChI=1S/C25H28N4O8S/c1-16(30)27-18-9-10-23(38(34,35)28-21(15-24(31)32)25(33)29(2)36-3)22(14-18)37-13-11-17-6-4-8-20-19(17)7-5-12-26-20/h4-10,12,14,21,28H,11,13,15H2,1-3H3,(H,27,30)(H,31,32). The van der Waals surface area contributed by atoms with Gasteiger partial charge in [-0.1, -0.05) is 18.2 Å². The van der Waals surface area contributed by atoms with Gasteiger partial charge in [-0.3, -0.25) is 24.2 Å². The van der Waals surface area contributed by atoms with E-state index in [9.17, 15) is 27.9 Å². The molecule has 3 N–H and O–H groups in total. The van der Waals surface area contributed by atoms with Crippen LogP contribution in [-0.4, -0.2) is 68.2 Å². The summed E-state index contributed by atoms with van der Waals surface area (Å²) in [6, 6.07) is 11.6. The van der Waals surface area contributed by atoms with Crippen LogP contribution in [-0.2, 0) is 35.7 Å². The van der Waals surface area contributed by atoms with Crippen molar-refractivity contribution in [3.05, 3.63) is 60.3 Å². The van der Waals surface area contributed by atoms with E-state index in [1.165, 1.54) is 39.3 Å². The minimum Gasteiger partial charge on any atom is -0.492 e. The lowest BCUT2D eigenvalue weighted by molar-refractivity contribution is -0.171. The number of carboxylic acid groups (broad SMARTS) is 1. The number of hydroxylamine groups is 2. The second kappa shape index (κ2) is 12.4. The Labute approximate surface area is 219 Å². The molecule has 0 fully saturated rings. The molecule has 1 unspecified atom stereocenters. The first-order chi connectivity index (χ1) is 18.0. The van der Waals surface area contributed by atoms with E-state index in [4.69, 9.17) is 9.57 Å². The van der Waals surface area contributed by atoms with Crippen molar-refractivity contribution < 1.29 is 37.5 Å². The lowest BCUT2D eigenvalue weighted by Crippen LogP contribution is -2.48. The smallest absolute Gasteiger partial charge is 0.305 e. The Morgan fingerprint density at radius 3 is 2.58 bits per heavy atom. The maximum Gasteiger partial charge on any atom is 0.305 e. The fourth-order valence-corrected chi connectivity index (χ4v) is 5.01. The summed E-state index contributed by atoms with van der Waals surface area (Å²) in [4.78, 5) is 44.2. The van der Waals surface area contributed by atoms with Crippen molar-refractivity contribution in [2.45, 2.75) is 30.7 Å². The molecule has 0 saturated carbocycles. The highest BCUT2D eigenvalue weighted by molar-refractivity contribution is 7.89. The number of benzene rings is 2. The van der Waals surface area contributed by atoms with Gasteiger partial charge in [-0.05, 0) is 29.8 Å². The van der Waals surface area contributed by atoms with Gasteiger partial charge in [0.25, 0.3) is 5.91 Å². The molecule has 3 aromatic rings. The minimum absolute atomic E-state index is 0.0734. The van der Waals surface area contributed by atoms with E-state index in [0.717, 1.165) is 21.5 Å². The quantitative estimate of drug-likeness (QED) is 0.289. The Bertz CT molecular complexity index is 1440. The molecule has 3 rings (SSSR count). The zero-order valence-electron chi connectivity index (χ0n) is 21.0. The van der Waals surface area contributed by atoms with Crippen LogP contribution in [0.3, 0.4) is 0 Å². The predicted molar refractivity (Wildman–Crippen MR) is 138 cm³/mol. The number of anilines is 1. The number of aliphatic carboxylic acids is 1. The summed E-state index contributed by atoms with van der Waals surface area (Å²) in [7, 11) is -2.05. The van der Waals surface area contributed by atoms with E-state index in [1.807, 2.05) is 30.3 Å². The highest BCUT2D eigenvalue weighted by Gasteiger charge is 2.32. The monoisotopic (exact) mass is 544 g/mol. The Kier molecular flexibility index (Phi) is 9.34. The number of likely N-dealkylation sites (N-methyl/N-ethyl adjacent to an activating group) is 1. The molecule has 1 atom stereocenters. The van der Waals surface area contributed by atoms with E-state index < -0.39 is 34.4 Å². The second-order valence-corrected chi connectivity index (χ2v) is 9.90. The Hall–Kier alpha value is -4.07. The average molecular weight is 545 g/mol. The molecule has 0 radical (unpaired) electrons. The summed E-state index contributed by atoms with van der Waals surface area (Å²) < 4.78 is 34.6. The highest BCUT2D eigenvalue weighted by Crippen LogP contribution is 2.29. The van der Waals surface area contributed by atoms with Crippen LogP contribution in [0.25, 0.3) is 10.9 Å². The first-order valence-electron chi connectivity index (χ1n) is 11.4. The number of rotatable bonds is 12. The molecule has 0 bridgehead atoms. The molecule has 1 aromatic heterocycles. The zero-order valence-corrected chi connectivity index (χ0v) is 21.8. The van der Waals surface area contributed by atoms with E-state index in [1.54, 1.807) is 6.20 Å². The molecule has 13 heteroatoms. The number of sulfonamides is 1. The van der Waals surface area contributed by atoms with Crippen LogP contribution in [0.4, 0.5) is 5.69 Å². The van der Waals surface area contributed by atoms with Gasteiger partial charge in [0.05, 0.1) is 25.7 Å². The van der Waals surface area contributed by atoms with Gasteiger partial charge in [-0.25, -0.2) is 13.5 Å². The van der Waals surface area contributed by atoms with Crippen molar-refractivity contribution >= 4 is 44.4 Å². The Morgan fingerprint density at radius 2 is 1.89 bits per heavy atom. The number of aromatic nitrogens is 1. The fourth-order valence-electron chi connectivity index (χ4n) is 3.69. The molecule has 202 valence electrons. The number of pyridine rings is 1.